The van der Waals surface area contributed by atoms with E-state index in [4.69, 9.17) is 167 Å². The third-order valence-electron chi connectivity index (χ3n) is 12.4. The summed E-state index contributed by atoms with van der Waals surface area (Å²) in [7, 11) is 0. The highest BCUT2D eigenvalue weighted by atomic mass is 16.6. The van der Waals surface area contributed by atoms with Gasteiger partial charge in [0, 0.05) is 0 Å². The van der Waals surface area contributed by atoms with Crippen molar-refractivity contribution in [2.75, 3.05) is 436 Å². The van der Waals surface area contributed by atoms with Crippen LogP contribution in [0.4, 0.5) is 0 Å². The van der Waals surface area contributed by atoms with Crippen molar-refractivity contribution in [2.45, 2.75) is 0 Å². The van der Waals surface area contributed by atoms with E-state index in [0.29, 0.717) is 410 Å². The van der Waals surface area contributed by atoms with E-state index in [1.165, 1.54) is 0 Å². The van der Waals surface area contributed by atoms with Crippen LogP contribution in [0.15, 0.2) is 0 Å². The molecule has 0 unspecified atom stereocenters. The second-order valence-electron chi connectivity index (χ2n) is 20.9. The quantitative estimate of drug-likeness (QED) is 0.0738. The SMILES string of the molecule is O=C(O)COCCOCCOCCOCCOCCOCCOCCOCCOCCOCCOCCOCCOCCOCCOCCOCCOCCOCCOCCOCCOCCOCCOCCOCCOCCOCCOCCOCCOCCOCCOCCOCCOCC(=O)O. The Balaban J connectivity index is 3.10. The van der Waals surface area contributed by atoms with E-state index in [1.807, 2.05) is 0 Å². The number of carbonyl (C=O) groups is 2. The number of hydrogen-bond donors (Lipinski definition) is 2. The molecule has 0 aliphatic carbocycles. The standard InChI is InChI=1S/C68H134O37/c69-67(70)65-104-63-61-102-59-57-100-55-53-98-51-49-96-47-45-94-43-41-92-39-37-90-35-33-88-31-29-86-27-25-84-23-21-82-19-17-80-15-13-78-11-9-76-7-5-74-3-1-73-2-4-75-6-8-77-10-12-79-14-16-81-18-20-83-22-24-85-26-28-87-30-32-89-34-36-91-38-40-93-42-44-95-46-48-97-50-52-99-54-56-101-58-60-103-62-64-105-66-68(71)72/h1-66H2,(H,69,70)(H,71,72). The minimum Gasteiger partial charge on any atom is -0.480 e. The number of hydrogen-bond acceptors (Lipinski definition) is 35. The first-order valence-electron chi connectivity index (χ1n) is 36.6. The van der Waals surface area contributed by atoms with E-state index in [0.717, 1.165) is 0 Å². The Kier molecular flexibility index (Phi) is 95.5. The summed E-state index contributed by atoms with van der Waals surface area (Å²) in [5.41, 5.74) is 0. The Hall–Kier alpha value is -2.38. The summed E-state index contributed by atoms with van der Waals surface area (Å²) in [6.07, 6.45) is 0. The zero-order valence-electron chi connectivity index (χ0n) is 62.9. The number of carboxylic acids is 2. The van der Waals surface area contributed by atoms with Gasteiger partial charge >= 0.3 is 11.9 Å². The van der Waals surface area contributed by atoms with Gasteiger partial charge < -0.3 is 167 Å². The highest BCUT2D eigenvalue weighted by Crippen LogP contribution is 1.94. The van der Waals surface area contributed by atoms with Gasteiger partial charge in [-0.3, -0.25) is 0 Å². The van der Waals surface area contributed by atoms with Crippen LogP contribution in [0.25, 0.3) is 0 Å². The fourth-order valence-electron chi connectivity index (χ4n) is 7.25. The molecule has 105 heavy (non-hydrogen) atoms. The highest BCUT2D eigenvalue weighted by Gasteiger charge is 2.04. The molecule has 2 N–H and O–H groups in total. The number of aliphatic carboxylic acids is 2. The summed E-state index contributed by atoms with van der Waals surface area (Å²) in [6.45, 7) is 28.4. The van der Waals surface area contributed by atoms with Crippen LogP contribution in [0.1, 0.15) is 0 Å². The van der Waals surface area contributed by atoms with Crippen LogP contribution in [0.2, 0.25) is 0 Å². The fourth-order valence-corrected chi connectivity index (χ4v) is 7.25. The monoisotopic (exact) mass is 1540 g/mol. The van der Waals surface area contributed by atoms with Gasteiger partial charge in [-0.05, 0) is 0 Å². The molecule has 0 radical (unpaired) electrons. The Morgan fingerprint density at radius 1 is 0.105 bits per heavy atom. The zero-order chi connectivity index (χ0) is 75.2. The van der Waals surface area contributed by atoms with Crippen molar-refractivity contribution in [1.82, 2.24) is 0 Å². The maximum absolute atomic E-state index is 10.3. The molecule has 0 aliphatic heterocycles. The van der Waals surface area contributed by atoms with Gasteiger partial charge in [0.25, 0.3) is 0 Å². The molecule has 0 rings (SSSR count). The third-order valence-corrected chi connectivity index (χ3v) is 12.4. The summed E-state index contributed by atoms with van der Waals surface area (Å²) in [5.74, 6) is -2.01. The van der Waals surface area contributed by atoms with Crippen LogP contribution in [-0.2, 0) is 166 Å². The van der Waals surface area contributed by atoms with E-state index >= 15 is 0 Å². The Bertz CT molecular complexity index is 1490. The maximum atomic E-state index is 10.3. The van der Waals surface area contributed by atoms with Crippen molar-refractivity contribution in [3.63, 3.8) is 0 Å². The van der Waals surface area contributed by atoms with Crippen molar-refractivity contribution in [2.24, 2.45) is 0 Å². The molecule has 0 aromatic carbocycles. The van der Waals surface area contributed by atoms with Gasteiger partial charge in [-0.1, -0.05) is 0 Å². The molecule has 0 saturated carbocycles. The second kappa shape index (κ2) is 97.7. The van der Waals surface area contributed by atoms with Gasteiger partial charge in [-0.25, -0.2) is 9.59 Å². The predicted octanol–water partition coefficient (Wildman–Crippen LogP) is -0.297. The summed E-state index contributed by atoms with van der Waals surface area (Å²) < 4.78 is 180. The summed E-state index contributed by atoms with van der Waals surface area (Å²) >= 11 is 0. The first kappa shape index (κ1) is 103. The molecule has 0 amide bonds. The lowest BCUT2D eigenvalue weighted by molar-refractivity contribution is -0.143. The number of carboxylic acid groups (broad SMARTS) is 2. The van der Waals surface area contributed by atoms with Crippen LogP contribution in [0.3, 0.4) is 0 Å². The van der Waals surface area contributed by atoms with E-state index in [-0.39, 0.29) is 26.4 Å². The summed E-state index contributed by atoms with van der Waals surface area (Å²) in [6, 6.07) is 0. The zero-order valence-corrected chi connectivity index (χ0v) is 62.9. The largest absolute Gasteiger partial charge is 0.480 e. The second-order valence-corrected chi connectivity index (χ2v) is 20.9. The number of ether oxygens (including phenoxy) is 33. The molecule has 0 aromatic heterocycles. The topological polar surface area (TPSA) is 379 Å². The van der Waals surface area contributed by atoms with Gasteiger partial charge in [-0.2, -0.15) is 0 Å². The molecule has 37 heteroatoms. The molecule has 0 spiro atoms. The molecule has 0 aliphatic rings. The molecule has 0 heterocycles. The average Bonchev–Trinajstić information content (AvgIpc) is 3.79. The lowest BCUT2D eigenvalue weighted by Gasteiger charge is -2.09. The maximum Gasteiger partial charge on any atom is 0.329 e. The van der Waals surface area contributed by atoms with Crippen molar-refractivity contribution in [3.8, 4) is 0 Å². The van der Waals surface area contributed by atoms with Crippen LogP contribution >= 0.6 is 0 Å². The van der Waals surface area contributed by atoms with Crippen LogP contribution in [-0.4, -0.2) is 458 Å². The molecule has 0 aromatic rings. The van der Waals surface area contributed by atoms with Gasteiger partial charge in [0.15, 0.2) is 0 Å². The molecule has 37 nitrogen and oxygen atoms in total. The first-order valence-corrected chi connectivity index (χ1v) is 36.6. The van der Waals surface area contributed by atoms with Crippen molar-refractivity contribution >= 4 is 11.9 Å². The highest BCUT2D eigenvalue weighted by molar-refractivity contribution is 5.68. The lowest BCUT2D eigenvalue weighted by atomic mass is 10.6. The van der Waals surface area contributed by atoms with E-state index < -0.39 is 11.9 Å². The molecule has 0 bridgehead atoms. The molecule has 0 fully saturated rings. The fraction of sp³-hybridized carbons (Fsp3) is 0.971. The van der Waals surface area contributed by atoms with Crippen LogP contribution in [0, 0.1) is 0 Å². The molecular weight excluding hydrogens is 1410 g/mol. The minimum absolute atomic E-state index is 0.230. The first-order chi connectivity index (χ1) is 52.1. The van der Waals surface area contributed by atoms with Crippen molar-refractivity contribution in [1.29, 1.82) is 0 Å². The van der Waals surface area contributed by atoms with Gasteiger partial charge in [0.05, 0.1) is 423 Å². The average molecular weight is 1540 g/mol. The van der Waals surface area contributed by atoms with E-state index in [1.54, 1.807) is 0 Å². The van der Waals surface area contributed by atoms with Crippen LogP contribution < -0.4 is 0 Å². The summed E-state index contributed by atoms with van der Waals surface area (Å²) in [4.78, 5) is 20.7. The van der Waals surface area contributed by atoms with E-state index in [2.05, 4.69) is 0 Å². The lowest BCUT2D eigenvalue weighted by Crippen LogP contribution is -2.16. The third kappa shape index (κ3) is 102. The minimum atomic E-state index is -1.00. The van der Waals surface area contributed by atoms with Gasteiger partial charge in [0.1, 0.15) is 13.2 Å². The molecule has 628 valence electrons. The Morgan fingerprint density at radius 2 is 0.152 bits per heavy atom. The predicted molar refractivity (Wildman–Crippen MR) is 372 cm³/mol. The van der Waals surface area contributed by atoms with Crippen molar-refractivity contribution < 1.29 is 176 Å². The molecular formula is C68H134O37. The summed E-state index contributed by atoms with van der Waals surface area (Å²) in [5, 5.41) is 16.9. The van der Waals surface area contributed by atoms with Gasteiger partial charge in [0.2, 0.25) is 0 Å². The molecule has 0 atom stereocenters. The molecule has 0 saturated heterocycles. The van der Waals surface area contributed by atoms with Gasteiger partial charge in [-0.15, -0.1) is 0 Å². The smallest absolute Gasteiger partial charge is 0.329 e. The van der Waals surface area contributed by atoms with Crippen molar-refractivity contribution in [3.05, 3.63) is 0 Å². The normalized spacial score (nSPS) is 11.7. The number of rotatable bonds is 100. The van der Waals surface area contributed by atoms with Crippen LogP contribution in [0.5, 0.6) is 0 Å². The van der Waals surface area contributed by atoms with E-state index in [9.17, 15) is 9.59 Å². The Morgan fingerprint density at radius 3 is 0.200 bits per heavy atom. The Labute approximate surface area is 622 Å².